The van der Waals surface area contributed by atoms with Crippen LogP contribution in [0.2, 0.25) is 0 Å². The highest BCUT2D eigenvalue weighted by Crippen LogP contribution is 2.17. The summed E-state index contributed by atoms with van der Waals surface area (Å²) in [5, 5.41) is 5.93. The third kappa shape index (κ3) is 1.84. The molecule has 0 aromatic heterocycles. The SMILES string of the molecule is CCCC1C(=O)NCC2CNCC(=O)N21. The van der Waals surface area contributed by atoms with E-state index >= 15 is 0 Å². The van der Waals surface area contributed by atoms with E-state index < -0.39 is 0 Å². The number of hydrogen-bond donors (Lipinski definition) is 2. The molecule has 0 spiro atoms. The number of nitrogens with zero attached hydrogens (tertiary/aromatic N) is 1. The Kier molecular flexibility index (Phi) is 2.90. The van der Waals surface area contributed by atoms with Gasteiger partial charge >= 0.3 is 0 Å². The Labute approximate surface area is 89.2 Å². The second-order valence-corrected chi connectivity index (χ2v) is 4.14. The fraction of sp³-hybridized carbons (Fsp3) is 0.800. The molecule has 0 bridgehead atoms. The first-order chi connectivity index (χ1) is 7.24. The number of amides is 2. The Hall–Kier alpha value is -1.10. The molecule has 5 nitrogen and oxygen atoms in total. The van der Waals surface area contributed by atoms with Gasteiger partial charge in [0.15, 0.2) is 0 Å². The average molecular weight is 211 g/mol. The van der Waals surface area contributed by atoms with Crippen LogP contribution in [0.15, 0.2) is 0 Å². The lowest BCUT2D eigenvalue weighted by Gasteiger charge is -2.44. The summed E-state index contributed by atoms with van der Waals surface area (Å²) in [4.78, 5) is 25.2. The highest BCUT2D eigenvalue weighted by atomic mass is 16.2. The van der Waals surface area contributed by atoms with Crippen molar-refractivity contribution in [2.24, 2.45) is 0 Å². The van der Waals surface area contributed by atoms with Gasteiger partial charge in [-0.1, -0.05) is 13.3 Å². The van der Waals surface area contributed by atoms with Gasteiger partial charge in [-0.3, -0.25) is 9.59 Å². The van der Waals surface area contributed by atoms with Crippen LogP contribution in [-0.2, 0) is 9.59 Å². The molecule has 2 heterocycles. The highest BCUT2D eigenvalue weighted by Gasteiger charge is 2.40. The van der Waals surface area contributed by atoms with E-state index in [0.29, 0.717) is 13.1 Å². The van der Waals surface area contributed by atoms with E-state index in [4.69, 9.17) is 0 Å². The number of fused-ring (bicyclic) bond motifs is 1. The largest absolute Gasteiger partial charge is 0.352 e. The molecule has 0 radical (unpaired) electrons. The molecular weight excluding hydrogens is 194 g/mol. The van der Waals surface area contributed by atoms with Crippen LogP contribution in [0, 0.1) is 0 Å². The molecule has 5 heteroatoms. The Bertz CT molecular complexity index is 280. The molecule has 2 rings (SSSR count). The standard InChI is InChI=1S/C10H17N3O2/c1-2-3-8-10(15)12-5-7-4-11-6-9(14)13(7)8/h7-8,11H,2-6H2,1H3,(H,12,15). The Morgan fingerprint density at radius 1 is 1.40 bits per heavy atom. The summed E-state index contributed by atoms with van der Waals surface area (Å²) in [5.74, 6) is 0.0582. The molecule has 84 valence electrons. The van der Waals surface area contributed by atoms with Crippen LogP contribution in [0.1, 0.15) is 19.8 Å². The van der Waals surface area contributed by atoms with Gasteiger partial charge in [0.2, 0.25) is 11.8 Å². The van der Waals surface area contributed by atoms with Gasteiger partial charge in [-0.25, -0.2) is 0 Å². The summed E-state index contributed by atoms with van der Waals surface area (Å²) < 4.78 is 0. The van der Waals surface area contributed by atoms with E-state index in [1.807, 2.05) is 6.92 Å². The second kappa shape index (κ2) is 4.18. The predicted molar refractivity (Wildman–Crippen MR) is 55.2 cm³/mol. The van der Waals surface area contributed by atoms with Gasteiger partial charge < -0.3 is 15.5 Å². The van der Waals surface area contributed by atoms with Crippen molar-refractivity contribution in [1.29, 1.82) is 0 Å². The fourth-order valence-corrected chi connectivity index (χ4v) is 2.34. The summed E-state index contributed by atoms with van der Waals surface area (Å²) in [7, 11) is 0. The van der Waals surface area contributed by atoms with Gasteiger partial charge in [-0.15, -0.1) is 0 Å². The summed E-state index contributed by atoms with van der Waals surface area (Å²) in [6.45, 7) is 3.76. The van der Waals surface area contributed by atoms with Gasteiger partial charge in [0.1, 0.15) is 6.04 Å². The van der Waals surface area contributed by atoms with Crippen LogP contribution in [0.4, 0.5) is 0 Å². The van der Waals surface area contributed by atoms with Crippen molar-refractivity contribution < 1.29 is 9.59 Å². The van der Waals surface area contributed by atoms with Crippen molar-refractivity contribution >= 4 is 11.8 Å². The van der Waals surface area contributed by atoms with Crippen molar-refractivity contribution in [3.63, 3.8) is 0 Å². The third-order valence-corrected chi connectivity index (χ3v) is 3.05. The molecule has 0 aliphatic carbocycles. The van der Waals surface area contributed by atoms with Crippen molar-refractivity contribution in [3.8, 4) is 0 Å². The lowest BCUT2D eigenvalue weighted by molar-refractivity contribution is -0.148. The molecular formula is C10H17N3O2. The first kappa shape index (κ1) is 10.4. The van der Waals surface area contributed by atoms with E-state index in [0.717, 1.165) is 19.4 Å². The topological polar surface area (TPSA) is 61.4 Å². The molecule has 2 aliphatic rings. The summed E-state index contributed by atoms with van der Waals surface area (Å²) >= 11 is 0. The van der Waals surface area contributed by atoms with E-state index in [1.165, 1.54) is 0 Å². The minimum atomic E-state index is -0.247. The van der Waals surface area contributed by atoms with E-state index in [9.17, 15) is 9.59 Å². The number of nitrogens with one attached hydrogen (secondary N) is 2. The number of piperazine rings is 2. The van der Waals surface area contributed by atoms with Crippen molar-refractivity contribution in [2.75, 3.05) is 19.6 Å². The van der Waals surface area contributed by atoms with E-state index in [1.54, 1.807) is 4.90 Å². The lowest BCUT2D eigenvalue weighted by Crippen LogP contribution is -2.68. The smallest absolute Gasteiger partial charge is 0.242 e. The van der Waals surface area contributed by atoms with Gasteiger partial charge in [-0.2, -0.15) is 0 Å². The monoisotopic (exact) mass is 211 g/mol. The zero-order valence-corrected chi connectivity index (χ0v) is 8.95. The highest BCUT2D eigenvalue weighted by molar-refractivity contribution is 5.90. The fourth-order valence-electron chi connectivity index (χ4n) is 2.34. The second-order valence-electron chi connectivity index (χ2n) is 4.14. The van der Waals surface area contributed by atoms with Gasteiger partial charge in [0, 0.05) is 13.1 Å². The molecule has 0 saturated carbocycles. The quantitative estimate of drug-likeness (QED) is 0.621. The number of rotatable bonds is 2. The average Bonchev–Trinajstić information content (AvgIpc) is 2.23. The molecule has 0 aromatic carbocycles. The molecule has 2 saturated heterocycles. The normalized spacial score (nSPS) is 31.1. The Balaban J connectivity index is 2.16. The van der Waals surface area contributed by atoms with Gasteiger partial charge in [0.05, 0.1) is 12.6 Å². The van der Waals surface area contributed by atoms with Crippen molar-refractivity contribution in [2.45, 2.75) is 31.8 Å². The third-order valence-electron chi connectivity index (χ3n) is 3.05. The molecule has 2 amide bonds. The zero-order valence-electron chi connectivity index (χ0n) is 8.95. The first-order valence-corrected chi connectivity index (χ1v) is 5.53. The Morgan fingerprint density at radius 2 is 2.20 bits per heavy atom. The first-order valence-electron chi connectivity index (χ1n) is 5.53. The summed E-state index contributed by atoms with van der Waals surface area (Å²) in [5.41, 5.74) is 0. The summed E-state index contributed by atoms with van der Waals surface area (Å²) in [6.07, 6.45) is 1.68. The number of hydrogen-bond acceptors (Lipinski definition) is 3. The Morgan fingerprint density at radius 3 is 2.93 bits per heavy atom. The van der Waals surface area contributed by atoms with Gasteiger partial charge in [-0.05, 0) is 6.42 Å². The number of carbonyl (C=O) groups excluding carboxylic acids is 2. The molecule has 2 fully saturated rings. The lowest BCUT2D eigenvalue weighted by atomic mass is 10.0. The predicted octanol–water partition coefficient (Wildman–Crippen LogP) is -0.915. The van der Waals surface area contributed by atoms with Gasteiger partial charge in [0.25, 0.3) is 0 Å². The number of carbonyl (C=O) groups is 2. The maximum absolute atomic E-state index is 11.7. The van der Waals surface area contributed by atoms with Crippen molar-refractivity contribution in [1.82, 2.24) is 15.5 Å². The minimum Gasteiger partial charge on any atom is -0.352 e. The molecule has 2 N–H and O–H groups in total. The van der Waals surface area contributed by atoms with E-state index in [-0.39, 0.29) is 23.9 Å². The van der Waals surface area contributed by atoms with Crippen LogP contribution in [0.3, 0.4) is 0 Å². The van der Waals surface area contributed by atoms with Crippen LogP contribution < -0.4 is 10.6 Å². The maximum atomic E-state index is 11.7. The van der Waals surface area contributed by atoms with Crippen LogP contribution in [0.25, 0.3) is 0 Å². The molecule has 15 heavy (non-hydrogen) atoms. The molecule has 2 aliphatic heterocycles. The van der Waals surface area contributed by atoms with Crippen LogP contribution in [0.5, 0.6) is 0 Å². The molecule has 2 atom stereocenters. The zero-order chi connectivity index (χ0) is 10.8. The maximum Gasteiger partial charge on any atom is 0.242 e. The van der Waals surface area contributed by atoms with E-state index in [2.05, 4.69) is 10.6 Å². The van der Waals surface area contributed by atoms with Crippen LogP contribution in [-0.4, -0.2) is 48.4 Å². The van der Waals surface area contributed by atoms with Crippen LogP contribution >= 0.6 is 0 Å². The molecule has 2 unspecified atom stereocenters. The minimum absolute atomic E-state index is 0.00310. The van der Waals surface area contributed by atoms with Crippen molar-refractivity contribution in [3.05, 3.63) is 0 Å². The summed E-state index contributed by atoms with van der Waals surface area (Å²) in [6, 6.07) is -0.108. The molecule has 0 aromatic rings.